The third-order valence-electron chi connectivity index (χ3n) is 5.80. The third kappa shape index (κ3) is 3.43. The number of nitrogens with zero attached hydrogens (tertiary/aromatic N) is 2. The van der Waals surface area contributed by atoms with Crippen LogP contribution in [0.2, 0.25) is 0 Å². The average Bonchev–Trinajstić information content (AvgIpc) is 3.15. The van der Waals surface area contributed by atoms with Crippen molar-refractivity contribution in [2.45, 2.75) is 31.8 Å². The van der Waals surface area contributed by atoms with Crippen LogP contribution >= 0.6 is 0 Å². The van der Waals surface area contributed by atoms with Crippen LogP contribution in [-0.4, -0.2) is 32.4 Å². The van der Waals surface area contributed by atoms with Gasteiger partial charge in [0.2, 0.25) is 5.88 Å². The van der Waals surface area contributed by atoms with Crippen LogP contribution in [-0.2, 0) is 10.7 Å². The first-order valence-corrected chi connectivity index (χ1v) is 10.0. The number of benzene rings is 2. The van der Waals surface area contributed by atoms with E-state index < -0.39 is 35.4 Å². The van der Waals surface area contributed by atoms with Crippen molar-refractivity contribution in [2.75, 3.05) is 0 Å². The van der Waals surface area contributed by atoms with Crippen molar-refractivity contribution < 1.29 is 27.8 Å². The van der Waals surface area contributed by atoms with Gasteiger partial charge in [-0.25, -0.2) is 9.37 Å². The molecule has 4 aromatic rings. The largest absolute Gasteiger partial charge is 0.481 e. The molecule has 9 heteroatoms. The molecule has 0 saturated heterocycles. The van der Waals surface area contributed by atoms with Crippen LogP contribution < -0.4 is 4.74 Å². The van der Waals surface area contributed by atoms with E-state index in [1.54, 1.807) is 18.3 Å². The van der Waals surface area contributed by atoms with Gasteiger partial charge >= 0.3 is 5.97 Å². The summed E-state index contributed by atoms with van der Waals surface area (Å²) in [5.41, 5.74) is 0.746. The van der Waals surface area contributed by atoms with E-state index in [-0.39, 0.29) is 24.3 Å². The number of H-pyrrole nitrogens is 1. The van der Waals surface area contributed by atoms with Crippen LogP contribution in [0, 0.1) is 11.7 Å². The Kier molecular flexibility index (Phi) is 4.58. The summed E-state index contributed by atoms with van der Waals surface area (Å²) in [5, 5.41) is 17.6. The van der Waals surface area contributed by atoms with Gasteiger partial charge in [0, 0.05) is 23.3 Å². The second-order valence-electron chi connectivity index (χ2n) is 8.14. The topological polar surface area (TPSA) is 88.1 Å². The minimum absolute atomic E-state index is 0.00715. The highest BCUT2D eigenvalue weighted by molar-refractivity contribution is 6.06. The van der Waals surface area contributed by atoms with Gasteiger partial charge in [0.1, 0.15) is 17.6 Å². The Morgan fingerprint density at radius 3 is 2.56 bits per heavy atom. The molecule has 164 valence electrons. The van der Waals surface area contributed by atoms with Gasteiger partial charge in [-0.2, -0.15) is 13.9 Å². The Bertz CT molecular complexity index is 1340. The molecule has 0 radical (unpaired) electrons. The summed E-state index contributed by atoms with van der Waals surface area (Å²) >= 11 is 0. The summed E-state index contributed by atoms with van der Waals surface area (Å²) in [6.07, 6.45) is 1.71. The molecule has 6 nitrogen and oxygen atoms in total. The second-order valence-corrected chi connectivity index (χ2v) is 8.14. The van der Waals surface area contributed by atoms with E-state index in [4.69, 9.17) is 9.84 Å². The second kappa shape index (κ2) is 7.22. The van der Waals surface area contributed by atoms with Gasteiger partial charge in [-0.3, -0.25) is 9.89 Å². The molecular formula is C23H18F3N3O3. The Labute approximate surface area is 180 Å². The molecule has 1 aliphatic carbocycles. The fraction of sp³-hybridized carbons (Fsp3) is 0.261. The molecular weight excluding hydrogens is 423 g/mol. The number of aromatic amines is 1. The fourth-order valence-corrected chi connectivity index (χ4v) is 4.06. The first-order valence-electron chi connectivity index (χ1n) is 10.0. The number of nitrogens with one attached hydrogen (secondary N) is 1. The predicted octanol–water partition coefficient (Wildman–Crippen LogP) is 5.27. The maximum Gasteiger partial charge on any atom is 0.306 e. The SMILES string of the molecule is CC(F)(F)c1nc(OC2CC(C(=O)O)C2)c2cc3[nH]ncc3cc2c1-c1ccc(F)cc1. The molecule has 0 amide bonds. The van der Waals surface area contributed by atoms with Crippen molar-refractivity contribution in [1.82, 2.24) is 15.2 Å². The number of carboxylic acids is 1. The first kappa shape index (κ1) is 20.3. The van der Waals surface area contributed by atoms with E-state index in [9.17, 15) is 18.0 Å². The lowest BCUT2D eigenvalue weighted by molar-refractivity contribution is -0.148. The van der Waals surface area contributed by atoms with E-state index in [1.807, 2.05) is 0 Å². The van der Waals surface area contributed by atoms with Gasteiger partial charge in [-0.05, 0) is 48.1 Å². The van der Waals surface area contributed by atoms with Crippen LogP contribution in [0.5, 0.6) is 5.88 Å². The van der Waals surface area contributed by atoms with Crippen LogP contribution in [0.15, 0.2) is 42.6 Å². The zero-order chi connectivity index (χ0) is 22.6. The minimum Gasteiger partial charge on any atom is -0.481 e. The normalized spacial score (nSPS) is 18.6. The highest BCUT2D eigenvalue weighted by Crippen LogP contribution is 2.44. The highest BCUT2D eigenvalue weighted by atomic mass is 19.3. The zero-order valence-corrected chi connectivity index (χ0v) is 16.9. The van der Waals surface area contributed by atoms with Gasteiger partial charge in [0.15, 0.2) is 0 Å². The summed E-state index contributed by atoms with van der Waals surface area (Å²) in [4.78, 5) is 15.3. The van der Waals surface area contributed by atoms with Crippen LogP contribution in [0.1, 0.15) is 25.5 Å². The van der Waals surface area contributed by atoms with Crippen LogP contribution in [0.3, 0.4) is 0 Å². The van der Waals surface area contributed by atoms with Crippen molar-refractivity contribution in [2.24, 2.45) is 5.92 Å². The first-order chi connectivity index (χ1) is 15.2. The third-order valence-corrected chi connectivity index (χ3v) is 5.80. The molecule has 5 rings (SSSR count). The maximum atomic E-state index is 14.8. The lowest BCUT2D eigenvalue weighted by Crippen LogP contribution is -2.38. The molecule has 2 aromatic heterocycles. The van der Waals surface area contributed by atoms with Gasteiger partial charge in [0.25, 0.3) is 5.92 Å². The number of fused-ring (bicyclic) bond motifs is 2. The van der Waals surface area contributed by atoms with Crippen molar-refractivity contribution in [3.8, 4) is 17.0 Å². The summed E-state index contributed by atoms with van der Waals surface area (Å²) in [6.45, 7) is 0.748. The lowest BCUT2D eigenvalue weighted by Gasteiger charge is -2.32. The van der Waals surface area contributed by atoms with E-state index >= 15 is 0 Å². The van der Waals surface area contributed by atoms with Crippen molar-refractivity contribution >= 4 is 27.6 Å². The van der Waals surface area contributed by atoms with Crippen LogP contribution in [0.25, 0.3) is 32.8 Å². The Balaban J connectivity index is 1.74. The number of halogens is 3. The standard InChI is InChI=1S/C23H18F3N3O3/c1-23(25,26)20-19(11-2-4-14(24)5-3-11)16-8-13-10-27-29-18(13)9-17(16)21(28-20)32-15-6-12(7-15)22(30)31/h2-5,8-10,12,15H,6-7H2,1H3,(H,27,29)(H,30,31). The molecule has 2 N–H and O–H groups in total. The molecule has 0 aliphatic heterocycles. The summed E-state index contributed by atoms with van der Waals surface area (Å²) < 4.78 is 48.9. The van der Waals surface area contributed by atoms with Gasteiger partial charge < -0.3 is 9.84 Å². The molecule has 32 heavy (non-hydrogen) atoms. The fourth-order valence-electron chi connectivity index (χ4n) is 4.06. The minimum atomic E-state index is -3.31. The van der Waals surface area contributed by atoms with Crippen molar-refractivity contribution in [1.29, 1.82) is 0 Å². The summed E-state index contributed by atoms with van der Waals surface area (Å²) in [7, 11) is 0. The number of aromatic nitrogens is 3. The average molecular weight is 441 g/mol. The zero-order valence-electron chi connectivity index (χ0n) is 16.9. The highest BCUT2D eigenvalue weighted by Gasteiger charge is 2.38. The smallest absolute Gasteiger partial charge is 0.306 e. The van der Waals surface area contributed by atoms with E-state index in [1.165, 1.54) is 24.3 Å². The molecule has 0 unspecified atom stereocenters. The molecule has 0 atom stereocenters. The number of pyridine rings is 1. The Morgan fingerprint density at radius 1 is 1.19 bits per heavy atom. The number of ether oxygens (including phenoxy) is 1. The maximum absolute atomic E-state index is 14.8. The molecule has 1 aliphatic rings. The van der Waals surface area contributed by atoms with Crippen molar-refractivity contribution in [3.63, 3.8) is 0 Å². The number of hydrogen-bond donors (Lipinski definition) is 2. The Morgan fingerprint density at radius 2 is 1.91 bits per heavy atom. The summed E-state index contributed by atoms with van der Waals surface area (Å²) in [5.74, 6) is -5.21. The number of hydrogen-bond acceptors (Lipinski definition) is 4. The van der Waals surface area contributed by atoms with Crippen LogP contribution in [0.4, 0.5) is 13.2 Å². The van der Waals surface area contributed by atoms with Gasteiger partial charge in [0.05, 0.1) is 17.6 Å². The predicted molar refractivity (Wildman–Crippen MR) is 111 cm³/mol. The Hall–Kier alpha value is -3.62. The number of carbonyl (C=O) groups is 1. The van der Waals surface area contributed by atoms with Crippen molar-refractivity contribution in [3.05, 3.63) is 54.1 Å². The lowest BCUT2D eigenvalue weighted by atomic mass is 9.82. The van der Waals surface area contributed by atoms with E-state index in [0.717, 1.165) is 6.92 Å². The molecule has 0 spiro atoms. The van der Waals surface area contributed by atoms with Gasteiger partial charge in [-0.1, -0.05) is 12.1 Å². The molecule has 2 heterocycles. The summed E-state index contributed by atoms with van der Waals surface area (Å²) in [6, 6.07) is 8.73. The number of rotatable bonds is 5. The monoisotopic (exact) mass is 441 g/mol. The van der Waals surface area contributed by atoms with Gasteiger partial charge in [-0.15, -0.1) is 0 Å². The number of carboxylic acid groups (broad SMARTS) is 1. The molecule has 1 fully saturated rings. The molecule has 1 saturated carbocycles. The molecule has 2 aromatic carbocycles. The van der Waals surface area contributed by atoms with E-state index in [2.05, 4.69) is 15.2 Å². The molecule has 0 bridgehead atoms. The number of aliphatic carboxylic acids is 1. The quantitative estimate of drug-likeness (QED) is 0.441. The number of alkyl halides is 2. The van der Waals surface area contributed by atoms with E-state index in [0.29, 0.717) is 27.2 Å².